The van der Waals surface area contributed by atoms with Gasteiger partial charge in [-0.1, -0.05) is 12.8 Å². The molecule has 0 heterocycles. The summed E-state index contributed by atoms with van der Waals surface area (Å²) < 4.78 is 15.5. The molecule has 0 radical (unpaired) electrons. The fourth-order valence-corrected chi connectivity index (χ4v) is 2.75. The van der Waals surface area contributed by atoms with E-state index in [1.807, 2.05) is 0 Å². The molecule has 0 saturated heterocycles. The number of rotatable bonds is 7. The molecule has 1 fully saturated rings. The molecule has 0 bridgehead atoms. The molecule has 6 nitrogen and oxygen atoms in total. The summed E-state index contributed by atoms with van der Waals surface area (Å²) in [4.78, 5) is 24.0. The van der Waals surface area contributed by atoms with Crippen LogP contribution in [0.15, 0.2) is 24.3 Å². The minimum Gasteiger partial charge on any atom is -0.497 e. The molecule has 1 atom stereocenters. The summed E-state index contributed by atoms with van der Waals surface area (Å²) in [5, 5.41) is 2.91. The molecule has 0 spiro atoms. The van der Waals surface area contributed by atoms with Crippen LogP contribution < -0.4 is 14.8 Å². The second-order valence-corrected chi connectivity index (χ2v) is 6.05. The van der Waals surface area contributed by atoms with Crippen molar-refractivity contribution >= 4 is 18.0 Å². The van der Waals surface area contributed by atoms with E-state index in [1.54, 1.807) is 45.4 Å². The normalized spacial score (nSPS) is 15.8. The van der Waals surface area contributed by atoms with Crippen molar-refractivity contribution in [2.24, 2.45) is 0 Å². The molecule has 25 heavy (non-hydrogen) atoms. The molecule has 136 valence electrons. The first-order valence-corrected chi connectivity index (χ1v) is 8.44. The lowest BCUT2D eigenvalue weighted by Gasteiger charge is -2.16. The van der Waals surface area contributed by atoms with Crippen molar-refractivity contribution in [2.45, 2.75) is 44.8 Å². The standard InChI is InChI=1S/C19H25NO5/c1-13(19(22)20-15-6-4-5-7-15)25-18(21)9-8-14-10-16(23-2)12-17(11-14)24-3/h8-13,15H,4-7H2,1-3H3,(H,20,22)/b9-8+/t13-/m1/s1. The molecule has 0 aromatic heterocycles. The third-order valence-corrected chi connectivity index (χ3v) is 4.15. The van der Waals surface area contributed by atoms with E-state index in [4.69, 9.17) is 14.2 Å². The number of esters is 1. The molecule has 1 saturated carbocycles. The maximum atomic E-state index is 12.0. The van der Waals surface area contributed by atoms with E-state index in [0.29, 0.717) is 11.5 Å². The Morgan fingerprint density at radius 3 is 2.28 bits per heavy atom. The average molecular weight is 347 g/mol. The highest BCUT2D eigenvalue weighted by molar-refractivity contribution is 5.90. The van der Waals surface area contributed by atoms with E-state index in [9.17, 15) is 9.59 Å². The van der Waals surface area contributed by atoms with E-state index < -0.39 is 12.1 Å². The predicted octanol–water partition coefficient (Wildman–Crippen LogP) is 2.71. The number of hydrogen-bond donors (Lipinski definition) is 1. The van der Waals surface area contributed by atoms with Crippen LogP contribution in [0.3, 0.4) is 0 Å². The van der Waals surface area contributed by atoms with E-state index in [1.165, 1.54) is 6.08 Å². The first-order valence-electron chi connectivity index (χ1n) is 8.44. The third-order valence-electron chi connectivity index (χ3n) is 4.15. The Morgan fingerprint density at radius 1 is 1.12 bits per heavy atom. The van der Waals surface area contributed by atoms with Gasteiger partial charge in [-0.3, -0.25) is 4.79 Å². The number of amides is 1. The molecule has 6 heteroatoms. The quantitative estimate of drug-likeness (QED) is 0.606. The molecule has 1 aromatic carbocycles. The number of hydrogen-bond acceptors (Lipinski definition) is 5. The zero-order valence-electron chi connectivity index (χ0n) is 14.9. The van der Waals surface area contributed by atoms with Gasteiger partial charge < -0.3 is 19.5 Å². The number of carbonyl (C=O) groups excluding carboxylic acids is 2. The van der Waals surface area contributed by atoms with Crippen molar-refractivity contribution in [3.63, 3.8) is 0 Å². The molecule has 1 aliphatic carbocycles. The van der Waals surface area contributed by atoms with Gasteiger partial charge in [-0.2, -0.15) is 0 Å². The average Bonchev–Trinajstić information content (AvgIpc) is 3.12. The molecular formula is C19H25NO5. The topological polar surface area (TPSA) is 73.9 Å². The second kappa shape index (κ2) is 9.11. The highest BCUT2D eigenvalue weighted by Crippen LogP contribution is 2.23. The van der Waals surface area contributed by atoms with Crippen molar-refractivity contribution in [1.29, 1.82) is 0 Å². The number of benzene rings is 1. The summed E-state index contributed by atoms with van der Waals surface area (Å²) in [5.41, 5.74) is 0.733. The van der Waals surface area contributed by atoms with Gasteiger partial charge in [-0.05, 0) is 43.5 Å². The fourth-order valence-electron chi connectivity index (χ4n) is 2.75. The Morgan fingerprint density at radius 2 is 1.72 bits per heavy atom. The van der Waals surface area contributed by atoms with Crippen LogP contribution in [0.1, 0.15) is 38.2 Å². The predicted molar refractivity (Wildman–Crippen MR) is 94.5 cm³/mol. The number of methoxy groups -OCH3 is 2. The Balaban J connectivity index is 1.90. The highest BCUT2D eigenvalue weighted by atomic mass is 16.5. The summed E-state index contributed by atoms with van der Waals surface area (Å²) in [7, 11) is 3.11. The van der Waals surface area contributed by atoms with Crippen LogP contribution in [0.25, 0.3) is 6.08 Å². The number of ether oxygens (including phenoxy) is 3. The van der Waals surface area contributed by atoms with Gasteiger partial charge in [0.05, 0.1) is 14.2 Å². The molecule has 1 aliphatic rings. The molecule has 0 unspecified atom stereocenters. The van der Waals surface area contributed by atoms with Crippen molar-refractivity contribution in [3.05, 3.63) is 29.8 Å². The first-order chi connectivity index (χ1) is 12.0. The van der Waals surface area contributed by atoms with Crippen molar-refractivity contribution in [2.75, 3.05) is 14.2 Å². The Hall–Kier alpha value is -2.50. The fraction of sp³-hybridized carbons (Fsp3) is 0.474. The molecule has 1 N–H and O–H groups in total. The molecule has 1 aromatic rings. The molecule has 0 aliphatic heterocycles. The summed E-state index contributed by atoms with van der Waals surface area (Å²) in [5.74, 6) is 0.418. The van der Waals surface area contributed by atoms with Gasteiger partial charge in [0.15, 0.2) is 6.10 Å². The van der Waals surface area contributed by atoms with Gasteiger partial charge in [0.1, 0.15) is 11.5 Å². The van der Waals surface area contributed by atoms with Crippen molar-refractivity contribution in [3.8, 4) is 11.5 Å². The minimum absolute atomic E-state index is 0.202. The van der Waals surface area contributed by atoms with Crippen molar-refractivity contribution in [1.82, 2.24) is 5.32 Å². The number of carbonyl (C=O) groups is 2. The van der Waals surface area contributed by atoms with E-state index in [2.05, 4.69) is 5.32 Å². The van der Waals surface area contributed by atoms with Crippen LogP contribution >= 0.6 is 0 Å². The Labute approximate surface area is 148 Å². The largest absolute Gasteiger partial charge is 0.497 e. The van der Waals surface area contributed by atoms with Gasteiger partial charge in [0.2, 0.25) is 0 Å². The van der Waals surface area contributed by atoms with Gasteiger partial charge >= 0.3 is 5.97 Å². The SMILES string of the molecule is COc1cc(/C=C/C(=O)O[C@H](C)C(=O)NC2CCCC2)cc(OC)c1. The van der Waals surface area contributed by atoms with E-state index in [-0.39, 0.29) is 11.9 Å². The monoisotopic (exact) mass is 347 g/mol. The van der Waals surface area contributed by atoms with Crippen LogP contribution in [0, 0.1) is 0 Å². The third kappa shape index (κ3) is 5.81. The first kappa shape index (κ1) is 18.8. The zero-order valence-corrected chi connectivity index (χ0v) is 14.9. The molecule has 1 amide bonds. The van der Waals surface area contributed by atoms with Gasteiger partial charge in [-0.25, -0.2) is 4.79 Å². The van der Waals surface area contributed by atoms with Crippen LogP contribution in [0.5, 0.6) is 11.5 Å². The summed E-state index contributed by atoms with van der Waals surface area (Å²) in [6, 6.07) is 5.48. The number of nitrogens with one attached hydrogen (secondary N) is 1. The van der Waals surface area contributed by atoms with Crippen LogP contribution in [0.4, 0.5) is 0 Å². The van der Waals surface area contributed by atoms with Gasteiger partial charge in [0, 0.05) is 18.2 Å². The van der Waals surface area contributed by atoms with Gasteiger partial charge in [-0.15, -0.1) is 0 Å². The Kier molecular flexibility index (Phi) is 6.86. The summed E-state index contributed by atoms with van der Waals surface area (Å²) >= 11 is 0. The van der Waals surface area contributed by atoms with Gasteiger partial charge in [0.25, 0.3) is 5.91 Å². The lowest BCUT2D eigenvalue weighted by Crippen LogP contribution is -2.40. The van der Waals surface area contributed by atoms with Crippen LogP contribution in [-0.4, -0.2) is 38.2 Å². The minimum atomic E-state index is -0.822. The summed E-state index contributed by atoms with van der Waals surface area (Å²) in [6.07, 6.45) is 6.30. The van der Waals surface area contributed by atoms with Crippen LogP contribution in [0.2, 0.25) is 0 Å². The zero-order chi connectivity index (χ0) is 18.2. The lowest BCUT2D eigenvalue weighted by atomic mass is 10.2. The Bertz CT molecular complexity index is 612. The second-order valence-electron chi connectivity index (χ2n) is 6.05. The van der Waals surface area contributed by atoms with Crippen LogP contribution in [-0.2, 0) is 14.3 Å². The van der Waals surface area contributed by atoms with E-state index in [0.717, 1.165) is 31.2 Å². The highest BCUT2D eigenvalue weighted by Gasteiger charge is 2.22. The molecular weight excluding hydrogens is 322 g/mol. The lowest BCUT2D eigenvalue weighted by molar-refractivity contribution is -0.150. The summed E-state index contributed by atoms with van der Waals surface area (Å²) in [6.45, 7) is 1.57. The molecule has 2 rings (SSSR count). The maximum Gasteiger partial charge on any atom is 0.331 e. The van der Waals surface area contributed by atoms with Crippen molar-refractivity contribution < 1.29 is 23.8 Å². The van der Waals surface area contributed by atoms with E-state index >= 15 is 0 Å². The maximum absolute atomic E-state index is 12.0. The smallest absolute Gasteiger partial charge is 0.331 e.